The summed E-state index contributed by atoms with van der Waals surface area (Å²) in [5.74, 6) is 0.0870. The Morgan fingerprint density at radius 3 is 2.47 bits per heavy atom. The van der Waals surface area contributed by atoms with E-state index in [2.05, 4.69) is 12.1 Å². The van der Waals surface area contributed by atoms with Gasteiger partial charge in [0.05, 0.1) is 15.0 Å². The second-order valence-corrected chi connectivity index (χ2v) is 9.36. The molecule has 1 heterocycles. The number of imide groups is 1. The normalized spacial score (nSPS) is 16.2. The highest BCUT2D eigenvalue weighted by Crippen LogP contribution is 2.38. The van der Waals surface area contributed by atoms with Crippen molar-refractivity contribution in [3.05, 3.63) is 80.7 Å². The van der Waals surface area contributed by atoms with Gasteiger partial charge in [0.1, 0.15) is 6.61 Å². The summed E-state index contributed by atoms with van der Waals surface area (Å²) >= 11 is 13.9. The molecular weight excluding hydrogens is 465 g/mol. The van der Waals surface area contributed by atoms with Gasteiger partial charge in [0.25, 0.3) is 11.1 Å². The third kappa shape index (κ3) is 4.51. The summed E-state index contributed by atoms with van der Waals surface area (Å²) in [7, 11) is 0. The van der Waals surface area contributed by atoms with E-state index < -0.39 is 0 Å². The van der Waals surface area contributed by atoms with E-state index in [9.17, 15) is 9.59 Å². The summed E-state index contributed by atoms with van der Waals surface area (Å²) in [6, 6.07) is 17.4. The Hall–Kier alpha value is -2.47. The quantitative estimate of drug-likeness (QED) is 0.337. The van der Waals surface area contributed by atoms with Crippen LogP contribution in [0.3, 0.4) is 0 Å². The van der Waals surface area contributed by atoms with E-state index in [0.29, 0.717) is 39.3 Å². The second-order valence-electron chi connectivity index (χ2n) is 7.55. The first-order valence-corrected chi connectivity index (χ1v) is 11.8. The average molecular weight is 486 g/mol. The number of carbonyl (C=O) groups is 2. The number of ether oxygens (including phenoxy) is 1. The number of hydrogen-bond acceptors (Lipinski definition) is 4. The predicted molar refractivity (Wildman–Crippen MR) is 132 cm³/mol. The van der Waals surface area contributed by atoms with Crippen molar-refractivity contribution in [2.24, 2.45) is 0 Å². The lowest BCUT2D eigenvalue weighted by molar-refractivity contribution is -0.124. The zero-order valence-corrected chi connectivity index (χ0v) is 19.9. The molecule has 3 aromatic rings. The lowest BCUT2D eigenvalue weighted by atomic mass is 10.1. The minimum atomic E-state index is -0.294. The zero-order chi connectivity index (χ0) is 22.8. The van der Waals surface area contributed by atoms with Crippen LogP contribution < -0.4 is 4.74 Å². The van der Waals surface area contributed by atoms with Crippen molar-refractivity contribution in [3.8, 4) is 5.75 Å². The van der Waals surface area contributed by atoms with Crippen LogP contribution in [0.4, 0.5) is 4.79 Å². The summed E-state index contributed by atoms with van der Waals surface area (Å²) in [5.41, 5.74) is 1.66. The Kier molecular flexibility index (Phi) is 6.79. The molecule has 32 heavy (non-hydrogen) atoms. The number of rotatable bonds is 6. The zero-order valence-electron chi connectivity index (χ0n) is 17.6. The molecule has 1 aliphatic heterocycles. The standard InChI is InChI=1S/C25H21Cl2NO3S/c1-3-15(2)28-24(29)22(32-25(28)30)13-16-11-20(26)23(21(27)12-16)31-14-18-9-6-8-17-7-4-5-10-19(17)18/h4-13,15H,3,14H2,1-2H3/b22-13+/t15-/m0/s1. The summed E-state index contributed by atoms with van der Waals surface area (Å²) in [6.07, 6.45) is 2.34. The highest BCUT2D eigenvalue weighted by atomic mass is 35.5. The van der Waals surface area contributed by atoms with Crippen LogP contribution in [0.15, 0.2) is 59.5 Å². The minimum absolute atomic E-state index is 0.148. The smallest absolute Gasteiger partial charge is 0.293 e. The molecule has 2 amide bonds. The van der Waals surface area contributed by atoms with Crippen LogP contribution in [0.5, 0.6) is 5.75 Å². The molecule has 0 radical (unpaired) electrons. The minimum Gasteiger partial charge on any atom is -0.486 e. The molecule has 1 atom stereocenters. The van der Waals surface area contributed by atoms with Crippen molar-refractivity contribution in [3.63, 3.8) is 0 Å². The predicted octanol–water partition coefficient (Wildman–Crippen LogP) is 7.56. The van der Waals surface area contributed by atoms with Crippen LogP contribution in [0.1, 0.15) is 31.4 Å². The summed E-state index contributed by atoms with van der Waals surface area (Å²) in [6.45, 7) is 4.11. The van der Waals surface area contributed by atoms with E-state index in [1.54, 1.807) is 18.2 Å². The maximum atomic E-state index is 12.6. The fraction of sp³-hybridized carbons (Fsp3) is 0.200. The average Bonchev–Trinajstić information content (AvgIpc) is 3.05. The van der Waals surface area contributed by atoms with Gasteiger partial charge in [-0.2, -0.15) is 0 Å². The van der Waals surface area contributed by atoms with Crippen molar-refractivity contribution in [2.75, 3.05) is 0 Å². The molecule has 4 nitrogen and oxygen atoms in total. The Morgan fingerprint density at radius 2 is 1.75 bits per heavy atom. The largest absolute Gasteiger partial charge is 0.486 e. The number of thioether (sulfide) groups is 1. The number of nitrogens with zero attached hydrogens (tertiary/aromatic N) is 1. The summed E-state index contributed by atoms with van der Waals surface area (Å²) < 4.78 is 5.97. The van der Waals surface area contributed by atoms with E-state index in [4.69, 9.17) is 27.9 Å². The van der Waals surface area contributed by atoms with Gasteiger partial charge in [0.2, 0.25) is 0 Å². The monoisotopic (exact) mass is 485 g/mol. The van der Waals surface area contributed by atoms with E-state index in [1.807, 2.05) is 44.2 Å². The highest BCUT2D eigenvalue weighted by Gasteiger charge is 2.37. The fourth-order valence-electron chi connectivity index (χ4n) is 3.56. The molecule has 0 aliphatic carbocycles. The molecule has 0 aromatic heterocycles. The summed E-state index contributed by atoms with van der Waals surface area (Å²) in [5, 5.41) is 2.65. The van der Waals surface area contributed by atoms with Gasteiger partial charge >= 0.3 is 0 Å². The number of halogens is 2. The molecule has 0 spiro atoms. The third-order valence-corrected chi connectivity index (χ3v) is 6.87. The SMILES string of the molecule is CC[C@H](C)N1C(=O)S/C(=C/c2cc(Cl)c(OCc3cccc4ccccc34)c(Cl)c2)C1=O. The first kappa shape index (κ1) is 22.7. The second kappa shape index (κ2) is 9.57. The van der Waals surface area contributed by atoms with E-state index in [0.717, 1.165) is 28.1 Å². The Bertz CT molecular complexity index is 1210. The lowest BCUT2D eigenvalue weighted by Crippen LogP contribution is -2.36. The highest BCUT2D eigenvalue weighted by molar-refractivity contribution is 8.18. The van der Waals surface area contributed by atoms with Crippen LogP contribution in [0.25, 0.3) is 16.8 Å². The van der Waals surface area contributed by atoms with Gasteiger partial charge in [-0.1, -0.05) is 72.6 Å². The molecule has 0 unspecified atom stereocenters. The maximum absolute atomic E-state index is 12.6. The van der Waals surface area contributed by atoms with Crippen molar-refractivity contribution in [1.29, 1.82) is 0 Å². The fourth-order valence-corrected chi connectivity index (χ4v) is 5.11. The summed E-state index contributed by atoms with van der Waals surface area (Å²) in [4.78, 5) is 26.5. The molecular formula is C25H21Cl2NO3S. The molecule has 0 bridgehead atoms. The molecule has 4 rings (SSSR count). The first-order chi connectivity index (χ1) is 15.4. The molecule has 3 aromatic carbocycles. The molecule has 1 saturated heterocycles. The molecule has 1 fully saturated rings. The maximum Gasteiger partial charge on any atom is 0.293 e. The van der Waals surface area contributed by atoms with Crippen molar-refractivity contribution < 1.29 is 14.3 Å². The van der Waals surface area contributed by atoms with E-state index in [-0.39, 0.29) is 17.2 Å². The molecule has 1 aliphatic rings. The Balaban J connectivity index is 1.56. The van der Waals surface area contributed by atoms with Crippen LogP contribution in [-0.2, 0) is 11.4 Å². The third-order valence-electron chi connectivity index (χ3n) is 5.43. The molecule has 0 saturated carbocycles. The van der Waals surface area contributed by atoms with Gasteiger partial charge in [-0.3, -0.25) is 14.5 Å². The van der Waals surface area contributed by atoms with Gasteiger partial charge in [-0.05, 0) is 65.2 Å². The number of amides is 2. The Morgan fingerprint density at radius 1 is 1.06 bits per heavy atom. The number of fused-ring (bicyclic) bond motifs is 1. The van der Waals surface area contributed by atoms with Gasteiger partial charge in [0.15, 0.2) is 5.75 Å². The van der Waals surface area contributed by atoms with Gasteiger partial charge < -0.3 is 4.74 Å². The van der Waals surface area contributed by atoms with Crippen molar-refractivity contribution in [2.45, 2.75) is 32.9 Å². The lowest BCUT2D eigenvalue weighted by Gasteiger charge is -2.19. The van der Waals surface area contributed by atoms with E-state index in [1.165, 1.54) is 4.90 Å². The van der Waals surface area contributed by atoms with Gasteiger partial charge in [-0.15, -0.1) is 0 Å². The van der Waals surface area contributed by atoms with Crippen molar-refractivity contribution in [1.82, 2.24) is 4.90 Å². The number of hydrogen-bond donors (Lipinski definition) is 0. The Labute approximate surface area is 201 Å². The van der Waals surface area contributed by atoms with Crippen LogP contribution in [0.2, 0.25) is 10.0 Å². The van der Waals surface area contributed by atoms with E-state index >= 15 is 0 Å². The molecule has 164 valence electrons. The van der Waals surface area contributed by atoms with Crippen molar-refractivity contribution >= 4 is 63.0 Å². The van der Waals surface area contributed by atoms with Crippen LogP contribution in [-0.4, -0.2) is 22.1 Å². The molecule has 7 heteroatoms. The topological polar surface area (TPSA) is 46.6 Å². The number of benzene rings is 3. The van der Waals surface area contributed by atoms with Gasteiger partial charge in [0, 0.05) is 6.04 Å². The van der Waals surface area contributed by atoms with Crippen LogP contribution >= 0.6 is 35.0 Å². The first-order valence-electron chi connectivity index (χ1n) is 10.2. The number of carbonyl (C=O) groups excluding carboxylic acids is 2. The van der Waals surface area contributed by atoms with Crippen LogP contribution in [0, 0.1) is 0 Å². The van der Waals surface area contributed by atoms with Gasteiger partial charge in [-0.25, -0.2) is 0 Å². The molecule has 0 N–H and O–H groups in total.